The molecule has 2 nitrogen and oxygen atoms in total. The molecule has 1 aromatic carbocycles. The molecule has 2 rings (SSSR count). The summed E-state index contributed by atoms with van der Waals surface area (Å²) >= 11 is -1.23. The fourth-order valence-corrected chi connectivity index (χ4v) is 3.07. The quantitative estimate of drug-likeness (QED) is 0.601. The number of hydrogen-bond donors (Lipinski definition) is 0. The van der Waals surface area contributed by atoms with Gasteiger partial charge in [0.05, 0.1) is 6.21 Å². The number of hydrogen-bond acceptors (Lipinski definition) is 2. The Morgan fingerprint density at radius 2 is 1.78 bits per heavy atom. The van der Waals surface area contributed by atoms with E-state index in [9.17, 15) is 4.55 Å². The Morgan fingerprint density at radius 1 is 1.17 bits per heavy atom. The zero-order valence-electron chi connectivity index (χ0n) is 11.1. The zero-order chi connectivity index (χ0) is 13.0. The Balaban J connectivity index is 1.90. The lowest BCUT2D eigenvalue weighted by molar-refractivity contribution is 0.347. The predicted octanol–water partition coefficient (Wildman–Crippen LogP) is 3.91. The van der Waals surface area contributed by atoms with E-state index < -0.39 is 11.4 Å². The van der Waals surface area contributed by atoms with Crippen molar-refractivity contribution in [1.82, 2.24) is 0 Å². The van der Waals surface area contributed by atoms with E-state index in [1.807, 2.05) is 37.4 Å². The van der Waals surface area contributed by atoms with Gasteiger partial charge in [-0.1, -0.05) is 41.9 Å². The standard InChI is InChI=1S/C15H21NOS/c1-12-3-7-14(8-4-12)11-16-18(17)15-9-5-13(2)6-10-15/h5-6,9-12,14H,3-4,7-8H2,1-2H3/t12-,14-,18-/m0/s1. The van der Waals surface area contributed by atoms with Crippen LogP contribution in [-0.2, 0) is 11.4 Å². The van der Waals surface area contributed by atoms with Crippen molar-refractivity contribution in [2.45, 2.75) is 44.4 Å². The third-order valence-corrected chi connectivity index (χ3v) is 4.64. The molecule has 1 aliphatic rings. The minimum Gasteiger partial charge on any atom is -0.586 e. The van der Waals surface area contributed by atoms with Crippen LogP contribution in [0.4, 0.5) is 0 Å². The summed E-state index contributed by atoms with van der Waals surface area (Å²) in [4.78, 5) is 0.793. The lowest BCUT2D eigenvalue weighted by Gasteiger charge is -2.22. The van der Waals surface area contributed by atoms with Gasteiger partial charge < -0.3 is 4.55 Å². The summed E-state index contributed by atoms with van der Waals surface area (Å²) < 4.78 is 16.2. The summed E-state index contributed by atoms with van der Waals surface area (Å²) in [6.45, 7) is 4.33. The molecule has 0 aromatic heterocycles. The molecule has 98 valence electrons. The summed E-state index contributed by atoms with van der Waals surface area (Å²) in [5.74, 6) is 1.37. The van der Waals surface area contributed by atoms with Crippen molar-refractivity contribution in [1.29, 1.82) is 0 Å². The largest absolute Gasteiger partial charge is 0.586 e. The van der Waals surface area contributed by atoms with Crippen molar-refractivity contribution in [2.75, 3.05) is 0 Å². The lowest BCUT2D eigenvalue weighted by Crippen LogP contribution is -2.14. The van der Waals surface area contributed by atoms with Gasteiger partial charge in [0.25, 0.3) is 0 Å². The Kier molecular flexibility index (Phi) is 4.84. The Labute approximate surface area is 113 Å². The summed E-state index contributed by atoms with van der Waals surface area (Å²) in [5.41, 5.74) is 1.18. The lowest BCUT2D eigenvalue weighted by atomic mass is 9.84. The van der Waals surface area contributed by atoms with Crippen molar-refractivity contribution in [3.63, 3.8) is 0 Å². The SMILES string of the molecule is Cc1ccc([S@+]([O-])N=C[C@H]2CC[C@H](C)CC2)cc1. The van der Waals surface area contributed by atoms with E-state index in [0.29, 0.717) is 5.92 Å². The van der Waals surface area contributed by atoms with E-state index in [1.54, 1.807) is 0 Å². The first-order valence-electron chi connectivity index (χ1n) is 6.68. The highest BCUT2D eigenvalue weighted by Gasteiger charge is 2.18. The Bertz CT molecular complexity index is 393. The molecule has 0 unspecified atom stereocenters. The van der Waals surface area contributed by atoms with Gasteiger partial charge in [0.1, 0.15) is 11.4 Å². The van der Waals surface area contributed by atoms with Gasteiger partial charge in [-0.3, -0.25) is 0 Å². The van der Waals surface area contributed by atoms with Gasteiger partial charge in [-0.25, -0.2) is 0 Å². The van der Waals surface area contributed by atoms with Crippen molar-refractivity contribution in [3.05, 3.63) is 29.8 Å². The number of aryl methyl sites for hydroxylation is 1. The van der Waals surface area contributed by atoms with Gasteiger partial charge in [0.2, 0.25) is 0 Å². The summed E-state index contributed by atoms with van der Waals surface area (Å²) in [6, 6.07) is 7.74. The van der Waals surface area contributed by atoms with E-state index >= 15 is 0 Å². The number of benzene rings is 1. The number of rotatable bonds is 3. The molecule has 1 aromatic rings. The molecule has 1 saturated carbocycles. The summed E-state index contributed by atoms with van der Waals surface area (Å²) in [7, 11) is 0. The van der Waals surface area contributed by atoms with Crippen LogP contribution in [0.15, 0.2) is 33.6 Å². The maximum atomic E-state index is 12.0. The van der Waals surface area contributed by atoms with Gasteiger partial charge >= 0.3 is 0 Å². The van der Waals surface area contributed by atoms with Crippen molar-refractivity contribution in [3.8, 4) is 0 Å². The molecular formula is C15H21NOS. The molecule has 0 amide bonds. The van der Waals surface area contributed by atoms with Crippen LogP contribution in [0.2, 0.25) is 0 Å². The predicted molar refractivity (Wildman–Crippen MR) is 77.2 cm³/mol. The van der Waals surface area contributed by atoms with Crippen molar-refractivity contribution >= 4 is 17.6 Å². The first-order valence-corrected chi connectivity index (χ1v) is 7.78. The molecule has 1 aliphatic carbocycles. The summed E-state index contributed by atoms with van der Waals surface area (Å²) in [5, 5.41) is 0. The van der Waals surface area contributed by atoms with Gasteiger partial charge in [-0.05, 0) is 43.7 Å². The Morgan fingerprint density at radius 3 is 2.39 bits per heavy atom. The molecule has 0 saturated heterocycles. The van der Waals surface area contributed by atoms with Crippen LogP contribution in [0, 0.1) is 18.8 Å². The minimum atomic E-state index is -1.23. The van der Waals surface area contributed by atoms with E-state index in [1.165, 1.54) is 31.2 Å². The van der Waals surface area contributed by atoms with E-state index in [-0.39, 0.29) is 0 Å². The normalized spacial score (nSPS) is 26.4. The maximum absolute atomic E-state index is 12.0. The monoisotopic (exact) mass is 263 g/mol. The van der Waals surface area contributed by atoms with E-state index in [0.717, 1.165) is 10.8 Å². The van der Waals surface area contributed by atoms with E-state index in [2.05, 4.69) is 11.3 Å². The van der Waals surface area contributed by atoms with Crippen LogP contribution in [0.25, 0.3) is 0 Å². The molecule has 0 radical (unpaired) electrons. The highest BCUT2D eigenvalue weighted by atomic mass is 32.2. The third kappa shape index (κ3) is 3.85. The molecule has 0 N–H and O–H groups in total. The van der Waals surface area contributed by atoms with Crippen LogP contribution in [0.3, 0.4) is 0 Å². The van der Waals surface area contributed by atoms with Gasteiger partial charge in [0.15, 0.2) is 4.90 Å². The van der Waals surface area contributed by atoms with Crippen LogP contribution < -0.4 is 0 Å². The van der Waals surface area contributed by atoms with Crippen LogP contribution >= 0.6 is 0 Å². The minimum absolute atomic E-state index is 0.524. The molecule has 0 aliphatic heterocycles. The zero-order valence-corrected chi connectivity index (χ0v) is 12.0. The number of nitrogens with zero attached hydrogens (tertiary/aromatic N) is 1. The Hall–Kier alpha value is -0.800. The van der Waals surface area contributed by atoms with Gasteiger partial charge in [-0.15, -0.1) is 0 Å². The molecule has 3 heteroatoms. The topological polar surface area (TPSA) is 35.4 Å². The fourth-order valence-electron chi connectivity index (χ4n) is 2.29. The second-order valence-electron chi connectivity index (χ2n) is 5.34. The third-order valence-electron chi connectivity index (χ3n) is 3.65. The van der Waals surface area contributed by atoms with Crippen molar-refractivity contribution in [2.24, 2.45) is 16.2 Å². The average Bonchev–Trinajstić information content (AvgIpc) is 2.38. The highest BCUT2D eigenvalue weighted by Crippen LogP contribution is 2.27. The molecule has 0 bridgehead atoms. The first-order chi connectivity index (χ1) is 8.65. The van der Waals surface area contributed by atoms with Crippen molar-refractivity contribution < 1.29 is 4.55 Å². The van der Waals surface area contributed by atoms with Gasteiger partial charge in [0, 0.05) is 0 Å². The molecule has 1 atom stereocenters. The molecule has 18 heavy (non-hydrogen) atoms. The second-order valence-corrected chi connectivity index (χ2v) is 6.52. The van der Waals surface area contributed by atoms with Crippen LogP contribution in [0.5, 0.6) is 0 Å². The van der Waals surface area contributed by atoms with E-state index in [4.69, 9.17) is 0 Å². The van der Waals surface area contributed by atoms with Crippen LogP contribution in [0.1, 0.15) is 38.2 Å². The first kappa shape index (κ1) is 13.6. The van der Waals surface area contributed by atoms with Crippen LogP contribution in [-0.4, -0.2) is 10.8 Å². The summed E-state index contributed by atoms with van der Waals surface area (Å²) in [6.07, 6.45) is 6.84. The molecular weight excluding hydrogens is 242 g/mol. The molecule has 1 fully saturated rings. The molecule has 0 spiro atoms. The van der Waals surface area contributed by atoms with Gasteiger partial charge in [-0.2, -0.15) is 0 Å². The second kappa shape index (κ2) is 6.39. The fraction of sp³-hybridized carbons (Fsp3) is 0.533. The highest BCUT2D eigenvalue weighted by molar-refractivity contribution is 7.90. The average molecular weight is 263 g/mol. The smallest absolute Gasteiger partial charge is 0.182 e. The molecule has 0 heterocycles. The maximum Gasteiger partial charge on any atom is 0.182 e.